The van der Waals surface area contributed by atoms with E-state index in [0.717, 1.165) is 44.7 Å². The number of hydrogen-bond acceptors (Lipinski definition) is 5. The monoisotopic (exact) mass is 353 g/mol. The van der Waals surface area contributed by atoms with Crippen molar-refractivity contribution in [2.75, 3.05) is 0 Å². The number of aromatic nitrogens is 5. The Morgan fingerprint density at radius 2 is 1.63 bits per heavy atom. The predicted octanol–water partition coefficient (Wildman–Crippen LogP) is 4.35. The third-order valence-corrected chi connectivity index (χ3v) is 4.49. The highest BCUT2D eigenvalue weighted by Crippen LogP contribution is 2.33. The zero-order chi connectivity index (χ0) is 18.2. The highest BCUT2D eigenvalue weighted by atomic mass is 16.3. The van der Waals surface area contributed by atoms with Gasteiger partial charge < -0.3 is 4.42 Å². The first-order valence-electron chi connectivity index (χ1n) is 8.51. The molecule has 0 spiro atoms. The van der Waals surface area contributed by atoms with Gasteiger partial charge in [0.05, 0.1) is 6.20 Å². The van der Waals surface area contributed by atoms with Crippen LogP contribution in [0.2, 0.25) is 0 Å². The van der Waals surface area contributed by atoms with Crippen molar-refractivity contribution in [2.45, 2.75) is 0 Å². The first-order valence-corrected chi connectivity index (χ1v) is 8.51. The molecule has 130 valence electrons. The quantitative estimate of drug-likeness (QED) is 0.482. The van der Waals surface area contributed by atoms with E-state index >= 15 is 0 Å². The van der Waals surface area contributed by atoms with Crippen LogP contribution in [-0.4, -0.2) is 24.7 Å². The highest BCUT2D eigenvalue weighted by Gasteiger charge is 2.13. The number of aryl methyl sites for hydroxylation is 1. The van der Waals surface area contributed by atoms with Crippen LogP contribution in [0.5, 0.6) is 0 Å². The van der Waals surface area contributed by atoms with Gasteiger partial charge in [0.25, 0.3) is 0 Å². The minimum atomic E-state index is 0.735. The van der Waals surface area contributed by atoms with Gasteiger partial charge in [0, 0.05) is 60.2 Å². The molecule has 0 aliphatic rings. The Labute approximate surface area is 155 Å². The van der Waals surface area contributed by atoms with Crippen molar-refractivity contribution >= 4 is 11.1 Å². The normalized spacial score (nSPS) is 11.1. The number of pyridine rings is 1. The van der Waals surface area contributed by atoms with Crippen LogP contribution in [0.15, 0.2) is 78.1 Å². The lowest BCUT2D eigenvalue weighted by molar-refractivity contribution is 0.632. The molecule has 27 heavy (non-hydrogen) atoms. The molecule has 0 unspecified atom stereocenters. The van der Waals surface area contributed by atoms with E-state index in [4.69, 9.17) is 4.42 Å². The van der Waals surface area contributed by atoms with Gasteiger partial charge in [-0.05, 0) is 11.6 Å². The van der Waals surface area contributed by atoms with E-state index in [1.165, 1.54) is 6.33 Å². The Morgan fingerprint density at radius 1 is 0.852 bits per heavy atom. The van der Waals surface area contributed by atoms with Crippen molar-refractivity contribution < 1.29 is 4.42 Å². The Balaban J connectivity index is 1.56. The molecule has 0 aliphatic heterocycles. The second-order valence-electron chi connectivity index (χ2n) is 6.29. The van der Waals surface area contributed by atoms with Gasteiger partial charge in [0.15, 0.2) is 5.58 Å². The Hall–Kier alpha value is -3.80. The zero-order valence-corrected chi connectivity index (χ0v) is 14.6. The predicted molar refractivity (Wildman–Crippen MR) is 103 cm³/mol. The smallest absolute Gasteiger partial charge is 0.161 e. The molecule has 4 aromatic heterocycles. The van der Waals surface area contributed by atoms with Crippen LogP contribution in [0.1, 0.15) is 0 Å². The molecule has 0 atom stereocenters. The van der Waals surface area contributed by atoms with Gasteiger partial charge in [0.2, 0.25) is 0 Å². The van der Waals surface area contributed by atoms with E-state index < -0.39 is 0 Å². The van der Waals surface area contributed by atoms with Crippen LogP contribution in [0, 0.1) is 0 Å². The lowest BCUT2D eigenvalue weighted by Gasteiger charge is -2.01. The number of fused-ring (bicyclic) bond motifs is 1. The maximum Gasteiger partial charge on any atom is 0.161 e. The summed E-state index contributed by atoms with van der Waals surface area (Å²) in [6.07, 6.45) is 10.7. The summed E-state index contributed by atoms with van der Waals surface area (Å²) in [5.74, 6) is 0.777. The molecule has 0 fully saturated rings. The van der Waals surface area contributed by atoms with E-state index in [2.05, 4.69) is 32.2 Å². The third kappa shape index (κ3) is 2.77. The van der Waals surface area contributed by atoms with Gasteiger partial charge in [-0.25, -0.2) is 9.97 Å². The Kier molecular flexibility index (Phi) is 3.53. The van der Waals surface area contributed by atoms with E-state index in [9.17, 15) is 0 Å². The summed E-state index contributed by atoms with van der Waals surface area (Å²) in [7, 11) is 1.91. The maximum atomic E-state index is 6.15. The van der Waals surface area contributed by atoms with Crippen LogP contribution >= 0.6 is 0 Å². The molecule has 0 radical (unpaired) electrons. The molecule has 0 N–H and O–H groups in total. The topological polar surface area (TPSA) is 69.6 Å². The molecule has 0 amide bonds. The Bertz CT molecular complexity index is 1220. The molecule has 4 heterocycles. The number of nitrogens with zero attached hydrogens (tertiary/aromatic N) is 5. The lowest BCUT2D eigenvalue weighted by Crippen LogP contribution is -1.84. The average Bonchev–Trinajstić information content (AvgIpc) is 3.35. The lowest BCUT2D eigenvalue weighted by atomic mass is 10.1. The molecule has 6 heteroatoms. The molecular weight excluding hydrogens is 338 g/mol. The molecule has 0 aliphatic carbocycles. The fraction of sp³-hybridized carbons (Fsp3) is 0.0476. The molecule has 0 bridgehead atoms. The van der Waals surface area contributed by atoms with Crippen LogP contribution in [0.25, 0.3) is 44.7 Å². The summed E-state index contributed by atoms with van der Waals surface area (Å²) >= 11 is 0. The van der Waals surface area contributed by atoms with E-state index in [1.807, 2.05) is 43.7 Å². The average molecular weight is 353 g/mol. The summed E-state index contributed by atoms with van der Waals surface area (Å²) in [5.41, 5.74) is 6.57. The summed E-state index contributed by atoms with van der Waals surface area (Å²) in [4.78, 5) is 12.6. The van der Waals surface area contributed by atoms with Crippen LogP contribution < -0.4 is 0 Å². The van der Waals surface area contributed by atoms with Gasteiger partial charge in [-0.15, -0.1) is 0 Å². The van der Waals surface area contributed by atoms with Crippen molar-refractivity contribution in [3.8, 4) is 33.6 Å². The van der Waals surface area contributed by atoms with Crippen molar-refractivity contribution in [3.63, 3.8) is 0 Å². The Morgan fingerprint density at radius 3 is 2.37 bits per heavy atom. The SMILES string of the molecule is Cn1cc(-c2ccc(-c3cc4nccc(-c5cncnc5)c4o3)cc2)cn1. The zero-order valence-electron chi connectivity index (χ0n) is 14.6. The summed E-state index contributed by atoms with van der Waals surface area (Å²) in [6.45, 7) is 0. The van der Waals surface area contributed by atoms with Gasteiger partial charge in [0.1, 0.15) is 17.6 Å². The summed E-state index contributed by atoms with van der Waals surface area (Å²) in [6, 6.07) is 12.1. The molecule has 5 aromatic rings. The molecule has 0 saturated carbocycles. The van der Waals surface area contributed by atoms with E-state index in [1.54, 1.807) is 23.3 Å². The minimum Gasteiger partial charge on any atom is -0.454 e. The highest BCUT2D eigenvalue weighted by molar-refractivity contribution is 5.92. The second kappa shape index (κ2) is 6.17. The number of hydrogen-bond donors (Lipinski definition) is 0. The molecule has 1 aromatic carbocycles. The molecule has 0 saturated heterocycles. The number of furan rings is 1. The summed E-state index contributed by atoms with van der Waals surface area (Å²) in [5, 5.41) is 4.22. The van der Waals surface area contributed by atoms with E-state index in [-0.39, 0.29) is 0 Å². The van der Waals surface area contributed by atoms with Crippen LogP contribution in [0.4, 0.5) is 0 Å². The van der Waals surface area contributed by atoms with E-state index in [0.29, 0.717) is 0 Å². The van der Waals surface area contributed by atoms with Crippen molar-refractivity contribution in [1.82, 2.24) is 24.7 Å². The fourth-order valence-corrected chi connectivity index (χ4v) is 3.14. The molecule has 5 rings (SSSR count). The second-order valence-corrected chi connectivity index (χ2v) is 6.29. The van der Waals surface area contributed by atoms with Crippen molar-refractivity contribution in [3.05, 3.63) is 73.7 Å². The maximum absolute atomic E-state index is 6.15. The third-order valence-electron chi connectivity index (χ3n) is 4.49. The van der Waals surface area contributed by atoms with Crippen molar-refractivity contribution in [1.29, 1.82) is 0 Å². The van der Waals surface area contributed by atoms with Gasteiger partial charge in [-0.1, -0.05) is 24.3 Å². The molecule has 6 nitrogen and oxygen atoms in total. The minimum absolute atomic E-state index is 0.735. The van der Waals surface area contributed by atoms with Gasteiger partial charge >= 0.3 is 0 Å². The number of benzene rings is 1. The first-order chi connectivity index (χ1) is 13.3. The fourth-order valence-electron chi connectivity index (χ4n) is 3.14. The first kappa shape index (κ1) is 15.5. The van der Waals surface area contributed by atoms with Gasteiger partial charge in [-0.3, -0.25) is 9.67 Å². The largest absolute Gasteiger partial charge is 0.454 e. The number of rotatable bonds is 3. The summed E-state index contributed by atoms with van der Waals surface area (Å²) < 4.78 is 7.95. The van der Waals surface area contributed by atoms with Gasteiger partial charge in [-0.2, -0.15) is 5.10 Å². The van der Waals surface area contributed by atoms with Crippen LogP contribution in [-0.2, 0) is 7.05 Å². The van der Waals surface area contributed by atoms with Crippen molar-refractivity contribution in [2.24, 2.45) is 7.05 Å². The van der Waals surface area contributed by atoms with Crippen LogP contribution in [0.3, 0.4) is 0 Å². The molecular formula is C21H15N5O. The standard InChI is InChI=1S/C21H15N5O/c1-26-12-17(11-25-26)14-2-4-15(5-3-14)20-8-19-21(27-20)18(6-7-24-19)16-9-22-13-23-10-16/h2-13H,1H3.